The highest BCUT2D eigenvalue weighted by Crippen LogP contribution is 2.11. The molecule has 0 saturated carbocycles. The quantitative estimate of drug-likeness (QED) is 0.671. The molecule has 0 fully saturated rings. The zero-order chi connectivity index (χ0) is 14.5. The molecule has 2 rings (SSSR count). The standard InChI is InChI=1S/C15H19N3O2/c1-3-13-9-14(18(4-2)17-13)10-20-15(19)11-5-7-12(16)8-6-11/h5-9H,3-4,10,16H2,1-2H3. The van der Waals surface area contributed by atoms with E-state index < -0.39 is 0 Å². The van der Waals surface area contributed by atoms with E-state index in [4.69, 9.17) is 10.5 Å². The summed E-state index contributed by atoms with van der Waals surface area (Å²) in [4.78, 5) is 11.9. The van der Waals surface area contributed by atoms with E-state index in [-0.39, 0.29) is 12.6 Å². The molecule has 1 aromatic heterocycles. The number of nitrogens with two attached hydrogens (primary N) is 1. The lowest BCUT2D eigenvalue weighted by atomic mass is 10.2. The number of anilines is 1. The minimum Gasteiger partial charge on any atom is -0.456 e. The number of esters is 1. The molecule has 20 heavy (non-hydrogen) atoms. The van der Waals surface area contributed by atoms with E-state index in [1.54, 1.807) is 24.3 Å². The van der Waals surface area contributed by atoms with Gasteiger partial charge < -0.3 is 10.5 Å². The van der Waals surface area contributed by atoms with Crippen molar-refractivity contribution in [2.24, 2.45) is 0 Å². The van der Waals surface area contributed by atoms with Crippen LogP contribution in [0.2, 0.25) is 0 Å². The highest BCUT2D eigenvalue weighted by molar-refractivity contribution is 5.89. The number of carbonyl (C=O) groups excluding carboxylic acids is 1. The highest BCUT2D eigenvalue weighted by Gasteiger charge is 2.10. The molecule has 0 spiro atoms. The van der Waals surface area contributed by atoms with Crippen molar-refractivity contribution in [3.63, 3.8) is 0 Å². The summed E-state index contributed by atoms with van der Waals surface area (Å²) >= 11 is 0. The minimum absolute atomic E-state index is 0.226. The van der Waals surface area contributed by atoms with Crippen LogP contribution in [0.4, 0.5) is 5.69 Å². The summed E-state index contributed by atoms with van der Waals surface area (Å²) in [5.74, 6) is -0.355. The van der Waals surface area contributed by atoms with Crippen LogP contribution in [0.3, 0.4) is 0 Å². The van der Waals surface area contributed by atoms with Crippen LogP contribution in [0.15, 0.2) is 30.3 Å². The molecule has 0 radical (unpaired) electrons. The van der Waals surface area contributed by atoms with Crippen molar-refractivity contribution < 1.29 is 9.53 Å². The van der Waals surface area contributed by atoms with Gasteiger partial charge in [0.25, 0.3) is 0 Å². The number of aryl methyl sites for hydroxylation is 2. The summed E-state index contributed by atoms with van der Waals surface area (Å²) in [6.45, 7) is 5.04. The van der Waals surface area contributed by atoms with Crippen LogP contribution in [0, 0.1) is 0 Å². The Kier molecular flexibility index (Phi) is 4.40. The maximum Gasteiger partial charge on any atom is 0.338 e. The molecule has 0 saturated heterocycles. The van der Waals surface area contributed by atoms with Crippen LogP contribution in [0.25, 0.3) is 0 Å². The number of nitrogens with zero attached hydrogens (tertiary/aromatic N) is 2. The third kappa shape index (κ3) is 3.17. The van der Waals surface area contributed by atoms with E-state index in [0.29, 0.717) is 11.3 Å². The molecule has 0 bridgehead atoms. The fourth-order valence-electron chi connectivity index (χ4n) is 1.92. The lowest BCUT2D eigenvalue weighted by molar-refractivity contribution is 0.0462. The molecule has 0 atom stereocenters. The van der Waals surface area contributed by atoms with Gasteiger partial charge in [-0.2, -0.15) is 5.10 Å². The highest BCUT2D eigenvalue weighted by atomic mass is 16.5. The van der Waals surface area contributed by atoms with Crippen LogP contribution in [-0.2, 0) is 24.3 Å². The summed E-state index contributed by atoms with van der Waals surface area (Å²) in [6, 6.07) is 8.66. The number of ether oxygens (including phenoxy) is 1. The van der Waals surface area contributed by atoms with Gasteiger partial charge in [-0.25, -0.2) is 4.79 Å². The second-order valence-corrected chi connectivity index (χ2v) is 4.49. The largest absolute Gasteiger partial charge is 0.456 e. The molecule has 106 valence electrons. The van der Waals surface area contributed by atoms with Crippen LogP contribution in [0.5, 0.6) is 0 Å². The molecular weight excluding hydrogens is 254 g/mol. The molecule has 0 aliphatic rings. The Bertz CT molecular complexity index is 588. The van der Waals surface area contributed by atoms with Crippen molar-refractivity contribution in [1.29, 1.82) is 0 Å². The smallest absolute Gasteiger partial charge is 0.338 e. The first-order valence-corrected chi connectivity index (χ1v) is 6.72. The molecule has 0 unspecified atom stereocenters. The van der Waals surface area contributed by atoms with Crippen LogP contribution in [0.1, 0.15) is 35.6 Å². The second kappa shape index (κ2) is 6.23. The Hall–Kier alpha value is -2.30. The normalized spacial score (nSPS) is 10.5. The van der Waals surface area contributed by atoms with Crippen LogP contribution < -0.4 is 5.73 Å². The molecule has 0 aliphatic heterocycles. The molecule has 0 amide bonds. The summed E-state index contributed by atoms with van der Waals surface area (Å²) in [7, 11) is 0. The van der Waals surface area contributed by atoms with E-state index in [1.807, 2.05) is 24.6 Å². The van der Waals surface area contributed by atoms with Crippen molar-refractivity contribution in [3.05, 3.63) is 47.3 Å². The molecule has 2 aromatic rings. The van der Waals surface area contributed by atoms with Gasteiger partial charge in [-0.05, 0) is 43.7 Å². The summed E-state index contributed by atoms with van der Waals surface area (Å²) in [6.07, 6.45) is 0.867. The van der Waals surface area contributed by atoms with Crippen molar-refractivity contribution in [1.82, 2.24) is 9.78 Å². The monoisotopic (exact) mass is 273 g/mol. The summed E-state index contributed by atoms with van der Waals surface area (Å²) in [5.41, 5.74) is 8.62. The first kappa shape index (κ1) is 14.1. The van der Waals surface area contributed by atoms with Crippen molar-refractivity contribution in [2.45, 2.75) is 33.4 Å². The second-order valence-electron chi connectivity index (χ2n) is 4.49. The Labute approximate surface area is 118 Å². The Morgan fingerprint density at radius 3 is 2.60 bits per heavy atom. The van der Waals surface area contributed by atoms with Gasteiger partial charge in [-0.1, -0.05) is 6.92 Å². The average molecular weight is 273 g/mol. The number of aromatic nitrogens is 2. The van der Waals surface area contributed by atoms with Gasteiger partial charge in [0.2, 0.25) is 0 Å². The zero-order valence-electron chi connectivity index (χ0n) is 11.8. The Balaban J connectivity index is 2.03. The first-order valence-electron chi connectivity index (χ1n) is 6.72. The average Bonchev–Trinajstić information content (AvgIpc) is 2.88. The third-order valence-corrected chi connectivity index (χ3v) is 3.07. The van der Waals surface area contributed by atoms with E-state index in [9.17, 15) is 4.79 Å². The molecular formula is C15H19N3O2. The molecule has 5 heteroatoms. The van der Waals surface area contributed by atoms with Crippen molar-refractivity contribution in [3.8, 4) is 0 Å². The maximum absolute atomic E-state index is 11.9. The van der Waals surface area contributed by atoms with Gasteiger partial charge in [0.05, 0.1) is 17.0 Å². The van der Waals surface area contributed by atoms with E-state index in [2.05, 4.69) is 5.10 Å². The molecule has 0 aliphatic carbocycles. The Morgan fingerprint density at radius 2 is 2.00 bits per heavy atom. The van der Waals surface area contributed by atoms with Gasteiger partial charge in [0, 0.05) is 12.2 Å². The SMILES string of the molecule is CCc1cc(COC(=O)c2ccc(N)cc2)n(CC)n1. The van der Waals surface area contributed by atoms with E-state index in [1.165, 1.54) is 0 Å². The summed E-state index contributed by atoms with van der Waals surface area (Å²) < 4.78 is 7.17. The van der Waals surface area contributed by atoms with Crippen molar-refractivity contribution >= 4 is 11.7 Å². The molecule has 5 nitrogen and oxygen atoms in total. The van der Waals surface area contributed by atoms with Gasteiger partial charge >= 0.3 is 5.97 Å². The maximum atomic E-state index is 11.9. The number of carbonyl (C=O) groups is 1. The fourth-order valence-corrected chi connectivity index (χ4v) is 1.92. The minimum atomic E-state index is -0.355. The molecule has 2 N–H and O–H groups in total. The Morgan fingerprint density at radius 1 is 1.30 bits per heavy atom. The lowest BCUT2D eigenvalue weighted by Gasteiger charge is -2.06. The lowest BCUT2D eigenvalue weighted by Crippen LogP contribution is -2.09. The molecule has 1 heterocycles. The van der Waals surface area contributed by atoms with E-state index >= 15 is 0 Å². The fraction of sp³-hybridized carbons (Fsp3) is 0.333. The van der Waals surface area contributed by atoms with Crippen molar-refractivity contribution in [2.75, 3.05) is 5.73 Å². The summed E-state index contributed by atoms with van der Waals surface area (Å²) in [5, 5.41) is 4.42. The van der Waals surface area contributed by atoms with Gasteiger partial charge in [0.15, 0.2) is 0 Å². The molecule has 1 aromatic carbocycles. The number of nitrogen functional groups attached to an aromatic ring is 1. The number of hydrogen-bond acceptors (Lipinski definition) is 4. The van der Waals surface area contributed by atoms with Crippen LogP contribution >= 0.6 is 0 Å². The predicted molar refractivity (Wildman–Crippen MR) is 77.3 cm³/mol. The topological polar surface area (TPSA) is 70.1 Å². The van der Waals surface area contributed by atoms with Crippen LogP contribution in [-0.4, -0.2) is 15.7 Å². The number of rotatable bonds is 5. The zero-order valence-corrected chi connectivity index (χ0v) is 11.8. The number of benzene rings is 1. The predicted octanol–water partition coefficient (Wildman–Crippen LogP) is 2.40. The van der Waals surface area contributed by atoms with Gasteiger partial charge in [-0.3, -0.25) is 4.68 Å². The van der Waals surface area contributed by atoms with Gasteiger partial charge in [0.1, 0.15) is 6.61 Å². The third-order valence-electron chi connectivity index (χ3n) is 3.07. The van der Waals surface area contributed by atoms with E-state index in [0.717, 1.165) is 24.4 Å². The van der Waals surface area contributed by atoms with Gasteiger partial charge in [-0.15, -0.1) is 0 Å². The number of hydrogen-bond donors (Lipinski definition) is 1. The first-order chi connectivity index (χ1) is 9.63.